The van der Waals surface area contributed by atoms with Crippen LogP contribution < -0.4 is 11.1 Å². The summed E-state index contributed by atoms with van der Waals surface area (Å²) in [6.07, 6.45) is -0.457. The highest BCUT2D eigenvalue weighted by atomic mass is 35.5. The van der Waals surface area contributed by atoms with Crippen molar-refractivity contribution in [2.45, 2.75) is 25.5 Å². The van der Waals surface area contributed by atoms with Crippen LogP contribution in [-0.2, 0) is 4.74 Å². The average Bonchev–Trinajstić information content (AvgIpc) is 2.44. The number of hydrogen-bond donors (Lipinski definition) is 3. The highest BCUT2D eigenvalue weighted by Crippen LogP contribution is 2.25. The Balaban J connectivity index is 1.96. The zero-order chi connectivity index (χ0) is 15.4. The molecule has 1 aliphatic rings. The SMILES string of the molecule is CCOC(=O)N1CC[C@H](Nc2ccc(Cl)cc2N)[C@H](O)C1. The number of nitrogens with zero attached hydrogens (tertiary/aromatic N) is 1. The van der Waals surface area contributed by atoms with Crippen molar-refractivity contribution in [3.05, 3.63) is 23.2 Å². The van der Waals surface area contributed by atoms with Crippen LogP contribution in [0, 0.1) is 0 Å². The number of nitrogens with two attached hydrogens (primary N) is 1. The van der Waals surface area contributed by atoms with Crippen molar-refractivity contribution >= 4 is 29.1 Å². The largest absolute Gasteiger partial charge is 0.450 e. The third-order valence-electron chi connectivity index (χ3n) is 3.46. The number of amides is 1. The summed E-state index contributed by atoms with van der Waals surface area (Å²) in [4.78, 5) is 13.1. The van der Waals surface area contributed by atoms with Crippen LogP contribution in [0.2, 0.25) is 5.02 Å². The molecule has 4 N–H and O–H groups in total. The van der Waals surface area contributed by atoms with Crippen LogP contribution in [0.25, 0.3) is 0 Å². The summed E-state index contributed by atoms with van der Waals surface area (Å²) in [5.74, 6) is 0. The normalized spacial score (nSPS) is 22.0. The number of ether oxygens (including phenoxy) is 1. The molecular weight excluding hydrogens is 294 g/mol. The molecule has 6 nitrogen and oxygen atoms in total. The zero-order valence-electron chi connectivity index (χ0n) is 11.9. The first kappa shape index (κ1) is 15.7. The number of carbonyl (C=O) groups is 1. The number of benzene rings is 1. The predicted octanol–water partition coefficient (Wildman–Crippen LogP) is 1.93. The molecule has 1 saturated heterocycles. The number of anilines is 2. The number of piperidine rings is 1. The van der Waals surface area contributed by atoms with Crippen LogP contribution in [0.4, 0.5) is 16.2 Å². The van der Waals surface area contributed by atoms with Crippen LogP contribution >= 0.6 is 11.6 Å². The van der Waals surface area contributed by atoms with Gasteiger partial charge in [0.05, 0.1) is 36.7 Å². The Morgan fingerprint density at radius 2 is 2.38 bits per heavy atom. The summed E-state index contributed by atoms with van der Waals surface area (Å²) in [6.45, 7) is 2.85. The van der Waals surface area contributed by atoms with E-state index >= 15 is 0 Å². The molecule has 21 heavy (non-hydrogen) atoms. The van der Waals surface area contributed by atoms with Gasteiger partial charge in [-0.25, -0.2) is 4.79 Å². The Bertz CT molecular complexity index is 512. The molecule has 1 amide bonds. The Morgan fingerprint density at radius 1 is 1.62 bits per heavy atom. The average molecular weight is 314 g/mol. The molecule has 0 bridgehead atoms. The molecule has 116 valence electrons. The van der Waals surface area contributed by atoms with Crippen molar-refractivity contribution < 1.29 is 14.6 Å². The van der Waals surface area contributed by atoms with E-state index in [0.29, 0.717) is 30.3 Å². The number of β-amino-alcohol motifs (C(OH)–C–C–N with tert-alkyl or cyclic N) is 1. The molecule has 0 unspecified atom stereocenters. The van der Waals surface area contributed by atoms with Gasteiger partial charge in [0.2, 0.25) is 0 Å². The summed E-state index contributed by atoms with van der Waals surface area (Å²) >= 11 is 5.86. The standard InChI is InChI=1S/C14H20ClN3O3/c1-2-21-14(20)18-6-5-12(13(19)8-18)17-11-4-3-9(15)7-10(11)16/h3-4,7,12-13,17,19H,2,5-6,8,16H2,1H3/t12-,13+/m0/s1. The second-order valence-electron chi connectivity index (χ2n) is 4.98. The third-order valence-corrected chi connectivity index (χ3v) is 3.70. The van der Waals surface area contributed by atoms with E-state index in [9.17, 15) is 9.90 Å². The maximum atomic E-state index is 11.6. The molecule has 1 aliphatic heterocycles. The van der Waals surface area contributed by atoms with Gasteiger partial charge in [0.15, 0.2) is 0 Å². The summed E-state index contributed by atoms with van der Waals surface area (Å²) in [7, 11) is 0. The van der Waals surface area contributed by atoms with Crippen LogP contribution in [0.1, 0.15) is 13.3 Å². The maximum absolute atomic E-state index is 11.6. The van der Waals surface area contributed by atoms with Crippen LogP contribution in [0.15, 0.2) is 18.2 Å². The lowest BCUT2D eigenvalue weighted by atomic mass is 10.0. The summed E-state index contributed by atoms with van der Waals surface area (Å²) in [5.41, 5.74) is 7.15. The van der Waals surface area contributed by atoms with Crippen molar-refractivity contribution in [2.75, 3.05) is 30.7 Å². The van der Waals surface area contributed by atoms with Gasteiger partial charge in [0, 0.05) is 11.6 Å². The minimum Gasteiger partial charge on any atom is -0.450 e. The Hall–Kier alpha value is -1.66. The van der Waals surface area contributed by atoms with Gasteiger partial charge < -0.3 is 25.8 Å². The minimum atomic E-state index is -0.682. The molecule has 2 atom stereocenters. The zero-order valence-corrected chi connectivity index (χ0v) is 12.6. The second kappa shape index (κ2) is 6.87. The minimum absolute atomic E-state index is 0.167. The monoisotopic (exact) mass is 313 g/mol. The number of carbonyl (C=O) groups excluding carboxylic acids is 1. The molecule has 0 spiro atoms. The van der Waals surface area contributed by atoms with Crippen molar-refractivity contribution in [3.8, 4) is 0 Å². The molecule has 0 aromatic heterocycles. The maximum Gasteiger partial charge on any atom is 0.409 e. The number of rotatable bonds is 3. The van der Waals surface area contributed by atoms with Gasteiger partial charge >= 0.3 is 6.09 Å². The first-order valence-corrected chi connectivity index (χ1v) is 7.30. The van der Waals surface area contributed by atoms with E-state index in [1.165, 1.54) is 4.90 Å². The Morgan fingerprint density at radius 3 is 3.00 bits per heavy atom. The molecule has 7 heteroatoms. The quantitative estimate of drug-likeness (QED) is 0.742. The van der Waals surface area contributed by atoms with E-state index in [2.05, 4.69) is 5.32 Å². The molecule has 1 fully saturated rings. The smallest absolute Gasteiger partial charge is 0.409 e. The van der Waals surface area contributed by atoms with Gasteiger partial charge in [-0.3, -0.25) is 0 Å². The van der Waals surface area contributed by atoms with Crippen LogP contribution in [0.3, 0.4) is 0 Å². The molecule has 0 saturated carbocycles. The van der Waals surface area contributed by atoms with Crippen LogP contribution in [0.5, 0.6) is 0 Å². The number of nitrogens with one attached hydrogen (secondary N) is 1. The highest BCUT2D eigenvalue weighted by Gasteiger charge is 2.31. The van der Waals surface area contributed by atoms with Crippen LogP contribution in [-0.4, -0.2) is 47.9 Å². The lowest BCUT2D eigenvalue weighted by molar-refractivity contribution is 0.0444. The predicted molar refractivity (Wildman–Crippen MR) is 82.5 cm³/mol. The van der Waals surface area contributed by atoms with E-state index in [1.807, 2.05) is 0 Å². The van der Waals surface area contributed by atoms with E-state index in [1.54, 1.807) is 25.1 Å². The van der Waals surface area contributed by atoms with E-state index < -0.39 is 6.10 Å². The summed E-state index contributed by atoms with van der Waals surface area (Å²) in [6, 6.07) is 5.01. The van der Waals surface area contributed by atoms with Gasteiger partial charge in [-0.2, -0.15) is 0 Å². The number of halogens is 1. The lowest BCUT2D eigenvalue weighted by Gasteiger charge is -2.36. The van der Waals surface area contributed by atoms with Crippen molar-refractivity contribution in [2.24, 2.45) is 0 Å². The van der Waals surface area contributed by atoms with Gasteiger partial charge in [0.1, 0.15) is 0 Å². The summed E-state index contributed by atoms with van der Waals surface area (Å²) < 4.78 is 4.94. The van der Waals surface area contributed by atoms with Crippen molar-refractivity contribution in [1.29, 1.82) is 0 Å². The van der Waals surface area contributed by atoms with Crippen molar-refractivity contribution in [3.63, 3.8) is 0 Å². The Kier molecular flexibility index (Phi) is 5.14. The number of aliphatic hydroxyl groups excluding tert-OH is 1. The lowest BCUT2D eigenvalue weighted by Crippen LogP contribution is -2.51. The fraction of sp³-hybridized carbons (Fsp3) is 0.500. The summed E-state index contributed by atoms with van der Waals surface area (Å²) in [5, 5.41) is 14.0. The number of aliphatic hydroxyl groups is 1. The van der Waals surface area contributed by atoms with Crippen molar-refractivity contribution in [1.82, 2.24) is 4.90 Å². The van der Waals surface area contributed by atoms with Gasteiger partial charge in [-0.05, 0) is 31.5 Å². The second-order valence-corrected chi connectivity index (χ2v) is 5.42. The number of nitrogen functional groups attached to an aromatic ring is 1. The molecule has 1 aromatic carbocycles. The molecule has 0 aliphatic carbocycles. The molecule has 1 aromatic rings. The first-order chi connectivity index (χ1) is 10.0. The molecular formula is C14H20ClN3O3. The topological polar surface area (TPSA) is 87.8 Å². The molecule has 1 heterocycles. The molecule has 2 rings (SSSR count). The Labute approximate surface area is 128 Å². The van der Waals surface area contributed by atoms with E-state index in [0.717, 1.165) is 5.69 Å². The third kappa shape index (κ3) is 3.92. The fourth-order valence-corrected chi connectivity index (χ4v) is 2.53. The highest BCUT2D eigenvalue weighted by molar-refractivity contribution is 6.31. The number of hydrogen-bond acceptors (Lipinski definition) is 5. The first-order valence-electron chi connectivity index (χ1n) is 6.92. The van der Waals surface area contributed by atoms with Gasteiger partial charge in [-0.1, -0.05) is 11.6 Å². The van der Waals surface area contributed by atoms with Gasteiger partial charge in [-0.15, -0.1) is 0 Å². The van der Waals surface area contributed by atoms with Gasteiger partial charge in [0.25, 0.3) is 0 Å². The molecule has 0 radical (unpaired) electrons. The van der Waals surface area contributed by atoms with E-state index in [4.69, 9.17) is 22.1 Å². The fourth-order valence-electron chi connectivity index (χ4n) is 2.35. The number of likely N-dealkylation sites (tertiary alicyclic amines) is 1. The van der Waals surface area contributed by atoms with E-state index in [-0.39, 0.29) is 18.7 Å².